The fourth-order valence-electron chi connectivity index (χ4n) is 0.143. The van der Waals surface area contributed by atoms with Gasteiger partial charge >= 0.3 is 0 Å². The molecule has 50 valence electrons. The Labute approximate surface area is 46.6 Å². The first-order valence-corrected chi connectivity index (χ1v) is 3.38. The van der Waals surface area contributed by atoms with Gasteiger partial charge in [-0.15, -0.1) is 0 Å². The van der Waals surface area contributed by atoms with Gasteiger partial charge in [0.25, 0.3) is 10.1 Å². The Hall–Kier alpha value is -0.170. The molecule has 0 saturated heterocycles. The molecule has 0 unspecified atom stereocenters. The molecule has 5 nitrogen and oxygen atoms in total. The second-order valence-electron chi connectivity index (χ2n) is 1.12. The van der Waals surface area contributed by atoms with Crippen molar-refractivity contribution in [3.05, 3.63) is 0 Å². The third-order valence-corrected chi connectivity index (χ3v) is 1.12. The molecule has 0 rings (SSSR count). The Bertz CT molecular complexity index is 135. The summed E-state index contributed by atoms with van der Waals surface area (Å²) < 4.78 is 27.4. The van der Waals surface area contributed by atoms with Gasteiger partial charge < -0.3 is 0 Å². The molecule has 0 aliphatic carbocycles. The van der Waals surface area contributed by atoms with Crippen LogP contribution in [-0.2, 0) is 15.0 Å². The molecule has 0 amide bonds. The molecule has 0 aromatic rings. The second-order valence-corrected chi connectivity index (χ2v) is 2.69. The fourth-order valence-corrected chi connectivity index (χ4v) is 0.428. The van der Waals surface area contributed by atoms with E-state index in [0.717, 1.165) is 0 Å². The zero-order valence-electron chi connectivity index (χ0n) is 3.94. The van der Waals surface area contributed by atoms with E-state index in [1.165, 1.54) is 0 Å². The highest BCUT2D eigenvalue weighted by molar-refractivity contribution is 7.85. The molecular formula is C2H6O5S. The van der Waals surface area contributed by atoms with Crippen molar-refractivity contribution in [3.8, 4) is 0 Å². The molecule has 0 bridgehead atoms. The fraction of sp³-hybridized carbons (Fsp3) is 1.00. The summed E-state index contributed by atoms with van der Waals surface area (Å²) in [6, 6.07) is 0. The molecule has 2 N–H and O–H groups in total. The number of hydrogen-bond donors (Lipinski definition) is 2. The molecule has 0 aromatic carbocycles. The molecular weight excluding hydrogens is 136 g/mol. The standard InChI is InChI=1S/C2H6O5S/c3-7-1-2-8(4,5)6/h3H,1-2H2,(H,4,5,6). The largest absolute Gasteiger partial charge is 0.285 e. The van der Waals surface area contributed by atoms with E-state index in [2.05, 4.69) is 4.89 Å². The van der Waals surface area contributed by atoms with E-state index >= 15 is 0 Å². The van der Waals surface area contributed by atoms with Crippen LogP contribution in [-0.4, -0.2) is 30.6 Å². The van der Waals surface area contributed by atoms with E-state index in [1.54, 1.807) is 0 Å². The second kappa shape index (κ2) is 2.98. The lowest BCUT2D eigenvalue weighted by molar-refractivity contribution is -0.237. The van der Waals surface area contributed by atoms with Crippen LogP contribution in [0.15, 0.2) is 0 Å². The zero-order valence-corrected chi connectivity index (χ0v) is 4.76. The SMILES string of the molecule is O=S(=O)(O)CCOO. The molecule has 8 heavy (non-hydrogen) atoms. The van der Waals surface area contributed by atoms with Crippen LogP contribution in [0.2, 0.25) is 0 Å². The summed E-state index contributed by atoms with van der Waals surface area (Å²) in [4.78, 5) is 3.38. The first-order chi connectivity index (χ1) is 3.56. The lowest BCUT2D eigenvalue weighted by Crippen LogP contribution is -2.08. The van der Waals surface area contributed by atoms with Crippen LogP contribution in [0.25, 0.3) is 0 Å². The van der Waals surface area contributed by atoms with Crippen LogP contribution in [0.1, 0.15) is 0 Å². The monoisotopic (exact) mass is 142 g/mol. The van der Waals surface area contributed by atoms with Crippen molar-refractivity contribution in [2.75, 3.05) is 12.4 Å². The van der Waals surface area contributed by atoms with E-state index in [-0.39, 0.29) is 0 Å². The van der Waals surface area contributed by atoms with E-state index in [9.17, 15) is 8.42 Å². The van der Waals surface area contributed by atoms with Crippen molar-refractivity contribution in [1.29, 1.82) is 0 Å². The summed E-state index contributed by atoms with van der Waals surface area (Å²) >= 11 is 0. The van der Waals surface area contributed by atoms with Gasteiger partial charge in [0.1, 0.15) is 5.75 Å². The van der Waals surface area contributed by atoms with Crippen LogP contribution in [0.4, 0.5) is 0 Å². The van der Waals surface area contributed by atoms with Crippen molar-refractivity contribution in [3.63, 3.8) is 0 Å². The molecule has 0 atom stereocenters. The third kappa shape index (κ3) is 5.83. The minimum absolute atomic E-state index is 0.404. The maximum atomic E-state index is 9.75. The predicted octanol–water partition coefficient (Wildman–Crippen LogP) is -0.636. The highest BCUT2D eigenvalue weighted by Gasteiger charge is 2.01. The van der Waals surface area contributed by atoms with Crippen molar-refractivity contribution < 1.29 is 23.1 Å². The van der Waals surface area contributed by atoms with Gasteiger partial charge in [-0.25, -0.2) is 4.89 Å². The van der Waals surface area contributed by atoms with Crippen LogP contribution in [0.3, 0.4) is 0 Å². The summed E-state index contributed by atoms with van der Waals surface area (Å²) in [5.74, 6) is -0.580. The first-order valence-electron chi connectivity index (χ1n) is 1.78. The molecule has 0 radical (unpaired) electrons. The smallest absolute Gasteiger partial charge is 0.267 e. The van der Waals surface area contributed by atoms with Crippen LogP contribution >= 0.6 is 0 Å². The average Bonchev–Trinajstić information content (AvgIpc) is 1.59. The van der Waals surface area contributed by atoms with Gasteiger partial charge in [-0.05, 0) is 0 Å². The van der Waals surface area contributed by atoms with Gasteiger partial charge in [0.15, 0.2) is 0 Å². The molecule has 0 saturated carbocycles. The predicted molar refractivity (Wildman–Crippen MR) is 25.0 cm³/mol. The summed E-state index contributed by atoms with van der Waals surface area (Å²) in [6.07, 6.45) is 0. The Kier molecular flexibility index (Phi) is 2.91. The minimum Gasteiger partial charge on any atom is -0.285 e. The first kappa shape index (κ1) is 7.83. The van der Waals surface area contributed by atoms with Crippen molar-refractivity contribution >= 4 is 10.1 Å². The summed E-state index contributed by atoms with van der Waals surface area (Å²) in [6.45, 7) is -0.404. The molecule has 0 spiro atoms. The lowest BCUT2D eigenvalue weighted by atomic mass is 10.9. The molecule has 0 aromatic heterocycles. The van der Waals surface area contributed by atoms with Crippen LogP contribution in [0.5, 0.6) is 0 Å². The van der Waals surface area contributed by atoms with Gasteiger partial charge in [-0.2, -0.15) is 8.42 Å². The molecule has 0 aliphatic heterocycles. The average molecular weight is 142 g/mol. The molecule has 0 heterocycles. The maximum Gasteiger partial charge on any atom is 0.267 e. The number of hydrogen-bond acceptors (Lipinski definition) is 4. The van der Waals surface area contributed by atoms with E-state index < -0.39 is 22.5 Å². The normalized spacial score (nSPS) is 11.8. The van der Waals surface area contributed by atoms with Crippen molar-refractivity contribution in [1.82, 2.24) is 0 Å². The summed E-state index contributed by atoms with van der Waals surface area (Å²) in [5, 5.41) is 7.55. The van der Waals surface area contributed by atoms with Gasteiger partial charge in [0, 0.05) is 0 Å². The molecule has 0 aliphatic rings. The van der Waals surface area contributed by atoms with Gasteiger partial charge in [-0.3, -0.25) is 9.81 Å². The minimum atomic E-state index is -3.97. The maximum absolute atomic E-state index is 9.75. The Morgan fingerprint density at radius 1 is 1.50 bits per heavy atom. The Balaban J connectivity index is 3.42. The highest BCUT2D eigenvalue weighted by atomic mass is 32.2. The van der Waals surface area contributed by atoms with E-state index in [1.807, 2.05) is 0 Å². The summed E-state index contributed by atoms with van der Waals surface area (Å²) in [7, 11) is -3.97. The van der Waals surface area contributed by atoms with E-state index in [0.29, 0.717) is 0 Å². The van der Waals surface area contributed by atoms with Gasteiger partial charge in [0.2, 0.25) is 0 Å². The third-order valence-electron chi connectivity index (χ3n) is 0.433. The van der Waals surface area contributed by atoms with E-state index in [4.69, 9.17) is 9.81 Å². The number of rotatable bonds is 3. The zero-order chi connectivity index (χ0) is 6.62. The molecule has 0 fully saturated rings. The Morgan fingerprint density at radius 3 is 2.12 bits per heavy atom. The Morgan fingerprint density at radius 2 is 2.00 bits per heavy atom. The van der Waals surface area contributed by atoms with Crippen molar-refractivity contribution in [2.45, 2.75) is 0 Å². The van der Waals surface area contributed by atoms with Gasteiger partial charge in [-0.1, -0.05) is 0 Å². The molecule has 6 heteroatoms. The van der Waals surface area contributed by atoms with Gasteiger partial charge in [0.05, 0.1) is 6.61 Å². The highest BCUT2D eigenvalue weighted by Crippen LogP contribution is 1.79. The lowest BCUT2D eigenvalue weighted by Gasteiger charge is -1.90. The van der Waals surface area contributed by atoms with Crippen LogP contribution in [0, 0.1) is 0 Å². The summed E-state index contributed by atoms with van der Waals surface area (Å²) in [5.41, 5.74) is 0. The topological polar surface area (TPSA) is 83.8 Å². The van der Waals surface area contributed by atoms with Crippen LogP contribution < -0.4 is 0 Å². The quantitative estimate of drug-likeness (QED) is 0.311. The van der Waals surface area contributed by atoms with Crippen molar-refractivity contribution in [2.24, 2.45) is 0 Å².